The van der Waals surface area contributed by atoms with Crippen molar-refractivity contribution in [2.24, 2.45) is 0 Å². The van der Waals surface area contributed by atoms with Crippen LogP contribution in [0.1, 0.15) is 17.5 Å². The highest BCUT2D eigenvalue weighted by molar-refractivity contribution is 6.00. The average Bonchev–Trinajstić information content (AvgIpc) is 3.15. The Balaban J connectivity index is 1.44. The summed E-state index contributed by atoms with van der Waals surface area (Å²) in [5, 5.41) is 3.64. The molecular formula is C21H20N2O5. The lowest BCUT2D eigenvalue weighted by Crippen LogP contribution is -2.37. The predicted molar refractivity (Wildman–Crippen MR) is 104 cm³/mol. The maximum Gasteiger partial charge on any atom is 0.290 e. The topological polar surface area (TPSA) is 81.0 Å². The van der Waals surface area contributed by atoms with E-state index in [1.165, 1.54) is 4.90 Å². The van der Waals surface area contributed by atoms with Gasteiger partial charge in [-0.1, -0.05) is 18.2 Å². The number of nitrogens with one attached hydrogen (secondary N) is 1. The third kappa shape index (κ3) is 3.64. The second-order valence-corrected chi connectivity index (χ2v) is 6.37. The van der Waals surface area contributed by atoms with Crippen molar-refractivity contribution in [2.75, 3.05) is 31.6 Å². The molecule has 0 saturated heterocycles. The van der Waals surface area contributed by atoms with Crippen molar-refractivity contribution in [2.45, 2.75) is 6.92 Å². The largest absolute Gasteiger partial charge is 0.486 e. The van der Waals surface area contributed by atoms with Gasteiger partial charge in [0, 0.05) is 23.7 Å². The van der Waals surface area contributed by atoms with Crippen molar-refractivity contribution in [1.82, 2.24) is 4.90 Å². The first-order valence-electron chi connectivity index (χ1n) is 9.11. The fourth-order valence-corrected chi connectivity index (χ4v) is 3.07. The molecule has 144 valence electrons. The number of carbonyl (C=O) groups excluding carboxylic acids is 2. The van der Waals surface area contributed by atoms with Crippen LogP contribution in [0.25, 0.3) is 11.0 Å². The second kappa shape index (κ2) is 7.64. The van der Waals surface area contributed by atoms with Crippen molar-refractivity contribution in [3.8, 4) is 11.5 Å². The smallest absolute Gasteiger partial charge is 0.290 e. The Morgan fingerprint density at radius 2 is 1.82 bits per heavy atom. The zero-order valence-corrected chi connectivity index (χ0v) is 15.4. The summed E-state index contributed by atoms with van der Waals surface area (Å²) in [5.41, 5.74) is 1.23. The third-order valence-corrected chi connectivity index (χ3v) is 4.47. The van der Waals surface area contributed by atoms with Crippen LogP contribution in [0.4, 0.5) is 5.69 Å². The highest BCUT2D eigenvalue weighted by atomic mass is 16.6. The lowest BCUT2D eigenvalue weighted by atomic mass is 10.2. The van der Waals surface area contributed by atoms with E-state index in [9.17, 15) is 9.59 Å². The maximum absolute atomic E-state index is 12.7. The van der Waals surface area contributed by atoms with Crippen LogP contribution in [0.15, 0.2) is 52.9 Å². The Morgan fingerprint density at radius 1 is 1.04 bits per heavy atom. The van der Waals surface area contributed by atoms with E-state index < -0.39 is 0 Å². The van der Waals surface area contributed by atoms with Gasteiger partial charge in [0.15, 0.2) is 17.3 Å². The number of hydrogen-bond acceptors (Lipinski definition) is 5. The van der Waals surface area contributed by atoms with Crippen molar-refractivity contribution in [3.05, 3.63) is 54.3 Å². The van der Waals surface area contributed by atoms with Crippen LogP contribution in [0.5, 0.6) is 11.5 Å². The molecule has 0 atom stereocenters. The Hall–Kier alpha value is -3.48. The van der Waals surface area contributed by atoms with Gasteiger partial charge in [0.2, 0.25) is 5.91 Å². The van der Waals surface area contributed by atoms with Gasteiger partial charge in [-0.15, -0.1) is 0 Å². The van der Waals surface area contributed by atoms with E-state index in [1.54, 1.807) is 30.3 Å². The normalized spacial score (nSPS) is 12.6. The lowest BCUT2D eigenvalue weighted by Gasteiger charge is -2.20. The number of hydrogen-bond donors (Lipinski definition) is 1. The van der Waals surface area contributed by atoms with Crippen molar-refractivity contribution in [3.63, 3.8) is 0 Å². The maximum atomic E-state index is 12.7. The number of furan rings is 1. The lowest BCUT2D eigenvalue weighted by molar-refractivity contribution is -0.116. The van der Waals surface area contributed by atoms with Gasteiger partial charge < -0.3 is 24.1 Å². The van der Waals surface area contributed by atoms with E-state index >= 15 is 0 Å². The molecule has 0 unspecified atom stereocenters. The third-order valence-electron chi connectivity index (χ3n) is 4.47. The minimum atomic E-state index is -0.323. The quantitative estimate of drug-likeness (QED) is 0.735. The molecule has 1 aliphatic heterocycles. The zero-order valence-electron chi connectivity index (χ0n) is 15.4. The first-order valence-corrected chi connectivity index (χ1v) is 9.11. The molecule has 2 heterocycles. The van der Waals surface area contributed by atoms with E-state index in [1.807, 2.05) is 25.1 Å². The number of anilines is 1. The molecule has 1 aromatic heterocycles. The van der Waals surface area contributed by atoms with Gasteiger partial charge in [0.05, 0.1) is 0 Å². The van der Waals surface area contributed by atoms with E-state index in [-0.39, 0.29) is 24.1 Å². The summed E-state index contributed by atoms with van der Waals surface area (Å²) in [5.74, 6) is 0.837. The van der Waals surface area contributed by atoms with Gasteiger partial charge in [-0.3, -0.25) is 9.59 Å². The summed E-state index contributed by atoms with van der Waals surface area (Å²) >= 11 is 0. The molecule has 1 N–H and O–H groups in total. The number of benzene rings is 2. The molecule has 28 heavy (non-hydrogen) atoms. The van der Waals surface area contributed by atoms with E-state index in [0.29, 0.717) is 42.5 Å². The summed E-state index contributed by atoms with van der Waals surface area (Å²) in [6, 6.07) is 14.3. The summed E-state index contributed by atoms with van der Waals surface area (Å²) < 4.78 is 16.6. The molecule has 1 aliphatic rings. The van der Waals surface area contributed by atoms with Gasteiger partial charge in [-0.05, 0) is 31.2 Å². The number of nitrogens with zero attached hydrogens (tertiary/aromatic N) is 1. The van der Waals surface area contributed by atoms with Crippen LogP contribution in [0.3, 0.4) is 0 Å². The molecule has 0 saturated carbocycles. The molecule has 0 aliphatic carbocycles. The summed E-state index contributed by atoms with van der Waals surface area (Å²) in [6.45, 7) is 3.09. The predicted octanol–water partition coefficient (Wildman–Crippen LogP) is 3.30. The van der Waals surface area contributed by atoms with Gasteiger partial charge in [-0.2, -0.15) is 0 Å². The van der Waals surface area contributed by atoms with Gasteiger partial charge in [0.1, 0.15) is 25.3 Å². The molecule has 0 spiro atoms. The van der Waals surface area contributed by atoms with Crippen molar-refractivity contribution < 1.29 is 23.5 Å². The molecule has 0 radical (unpaired) electrons. The molecule has 2 amide bonds. The molecule has 2 aromatic carbocycles. The van der Waals surface area contributed by atoms with Crippen LogP contribution >= 0.6 is 0 Å². The fraction of sp³-hybridized carbons (Fsp3) is 0.238. The zero-order chi connectivity index (χ0) is 19.5. The molecule has 0 fully saturated rings. The number of ether oxygens (including phenoxy) is 2. The van der Waals surface area contributed by atoms with Crippen molar-refractivity contribution >= 4 is 28.5 Å². The number of rotatable bonds is 5. The van der Waals surface area contributed by atoms with Gasteiger partial charge >= 0.3 is 0 Å². The minimum Gasteiger partial charge on any atom is -0.486 e. The number of fused-ring (bicyclic) bond motifs is 2. The molecule has 4 rings (SSSR count). The molecule has 7 nitrogen and oxygen atoms in total. The monoisotopic (exact) mass is 380 g/mol. The van der Waals surface area contributed by atoms with Crippen LogP contribution in [-0.2, 0) is 4.79 Å². The van der Waals surface area contributed by atoms with E-state index in [4.69, 9.17) is 13.9 Å². The van der Waals surface area contributed by atoms with Gasteiger partial charge in [0.25, 0.3) is 5.91 Å². The summed E-state index contributed by atoms with van der Waals surface area (Å²) in [4.78, 5) is 26.6. The Bertz CT molecular complexity index is 994. The number of para-hydroxylation sites is 1. The molecule has 7 heteroatoms. The van der Waals surface area contributed by atoms with Gasteiger partial charge in [-0.25, -0.2) is 0 Å². The molecule has 0 bridgehead atoms. The minimum absolute atomic E-state index is 0.0825. The first-order chi connectivity index (χ1) is 13.6. The van der Waals surface area contributed by atoms with Crippen LogP contribution in [-0.4, -0.2) is 43.0 Å². The van der Waals surface area contributed by atoms with Crippen molar-refractivity contribution in [1.29, 1.82) is 0 Å². The highest BCUT2D eigenvalue weighted by Gasteiger charge is 2.21. The van der Waals surface area contributed by atoms with Crippen LogP contribution in [0.2, 0.25) is 0 Å². The van der Waals surface area contributed by atoms with Crippen LogP contribution < -0.4 is 14.8 Å². The Labute approximate surface area is 161 Å². The van der Waals surface area contributed by atoms with E-state index in [0.717, 1.165) is 5.39 Å². The Morgan fingerprint density at radius 3 is 2.61 bits per heavy atom. The Kier molecular flexibility index (Phi) is 4.89. The average molecular weight is 380 g/mol. The number of likely N-dealkylation sites (N-methyl/N-ethyl adjacent to an activating group) is 1. The van der Waals surface area contributed by atoms with Crippen LogP contribution in [0, 0.1) is 0 Å². The van der Waals surface area contributed by atoms with E-state index in [2.05, 4.69) is 5.32 Å². The SMILES string of the molecule is CCN(CC(=O)Nc1ccc2c(c1)OCCO2)C(=O)c1cc2ccccc2o1. The second-order valence-electron chi connectivity index (χ2n) is 6.37. The standard InChI is InChI=1S/C21H20N2O5/c1-2-23(21(25)19-11-14-5-3-4-6-16(14)28-19)13-20(24)22-15-7-8-17-18(12-15)27-10-9-26-17/h3-8,11-12H,2,9-10,13H2,1H3,(H,22,24). The first kappa shape index (κ1) is 17.9. The number of amides is 2. The fourth-order valence-electron chi connectivity index (χ4n) is 3.07. The number of carbonyl (C=O) groups is 2. The molecule has 3 aromatic rings. The summed E-state index contributed by atoms with van der Waals surface area (Å²) in [6.07, 6.45) is 0. The molecular weight excluding hydrogens is 360 g/mol. The summed E-state index contributed by atoms with van der Waals surface area (Å²) in [7, 11) is 0. The highest BCUT2D eigenvalue weighted by Crippen LogP contribution is 2.32.